The average molecular weight is 230 g/mol. The van der Waals surface area contributed by atoms with Crippen molar-refractivity contribution >= 4 is 6.03 Å². The molecule has 0 aromatic rings. The molecule has 4 nitrogen and oxygen atoms in total. The highest BCUT2D eigenvalue weighted by Gasteiger charge is 2.10. The number of urea groups is 1. The van der Waals surface area contributed by atoms with Crippen LogP contribution in [0.2, 0.25) is 0 Å². The minimum atomic E-state index is -0.451. The van der Waals surface area contributed by atoms with Crippen molar-refractivity contribution in [3.63, 3.8) is 0 Å². The number of carbonyl (C=O) groups is 1. The van der Waals surface area contributed by atoms with Crippen molar-refractivity contribution in [1.82, 2.24) is 10.6 Å². The van der Waals surface area contributed by atoms with Gasteiger partial charge in [-0.1, -0.05) is 27.7 Å². The molecule has 3 N–H and O–H groups in total. The molecule has 0 rings (SSSR count). The average Bonchev–Trinajstić information content (AvgIpc) is 2.22. The number of hydrogen-bond acceptors (Lipinski definition) is 2. The van der Waals surface area contributed by atoms with Gasteiger partial charge in [0.2, 0.25) is 0 Å². The molecule has 0 aromatic heterocycles. The maximum atomic E-state index is 11.4. The Labute approximate surface area is 98.8 Å². The molecule has 0 bridgehead atoms. The van der Waals surface area contributed by atoms with Gasteiger partial charge in [-0.15, -0.1) is 0 Å². The molecule has 1 unspecified atom stereocenters. The van der Waals surface area contributed by atoms with E-state index in [-0.39, 0.29) is 12.1 Å². The van der Waals surface area contributed by atoms with E-state index in [1.807, 2.05) is 27.7 Å². The molecular weight excluding hydrogens is 204 g/mol. The van der Waals surface area contributed by atoms with Gasteiger partial charge in [0.15, 0.2) is 0 Å². The van der Waals surface area contributed by atoms with Gasteiger partial charge in [-0.05, 0) is 25.2 Å². The first-order valence-corrected chi connectivity index (χ1v) is 6.21. The van der Waals surface area contributed by atoms with E-state index < -0.39 is 6.10 Å². The molecule has 16 heavy (non-hydrogen) atoms. The third kappa shape index (κ3) is 7.51. The summed E-state index contributed by atoms with van der Waals surface area (Å²) in [7, 11) is 0. The van der Waals surface area contributed by atoms with Crippen LogP contribution in [0.3, 0.4) is 0 Å². The lowest BCUT2D eigenvalue weighted by atomic mass is 10.1. The topological polar surface area (TPSA) is 61.4 Å². The lowest BCUT2D eigenvalue weighted by molar-refractivity contribution is 0.146. The standard InChI is InChI=1S/C12H26N2O2/c1-5-10(6-2)14-12(16)13-8-11(15)7-9(3)4/h9-11,15H,5-8H2,1-4H3,(H2,13,14,16). The quantitative estimate of drug-likeness (QED) is 0.625. The summed E-state index contributed by atoms with van der Waals surface area (Å²) in [6, 6.07) is 0.0405. The van der Waals surface area contributed by atoms with Crippen LogP contribution in [0, 0.1) is 5.92 Å². The second-order valence-electron chi connectivity index (χ2n) is 4.65. The summed E-state index contributed by atoms with van der Waals surface area (Å²) < 4.78 is 0. The van der Waals surface area contributed by atoms with Crippen LogP contribution in [-0.4, -0.2) is 29.8 Å². The van der Waals surface area contributed by atoms with E-state index >= 15 is 0 Å². The van der Waals surface area contributed by atoms with Crippen molar-refractivity contribution in [3.8, 4) is 0 Å². The Morgan fingerprint density at radius 3 is 2.25 bits per heavy atom. The Kier molecular flexibility index (Phi) is 7.99. The number of hydrogen-bond donors (Lipinski definition) is 3. The number of aliphatic hydroxyl groups is 1. The fourth-order valence-corrected chi connectivity index (χ4v) is 1.57. The zero-order valence-electron chi connectivity index (χ0n) is 10.9. The van der Waals surface area contributed by atoms with E-state index in [4.69, 9.17) is 0 Å². The largest absolute Gasteiger partial charge is 0.391 e. The van der Waals surface area contributed by atoms with Crippen LogP contribution in [0.25, 0.3) is 0 Å². The van der Waals surface area contributed by atoms with E-state index in [0.29, 0.717) is 18.9 Å². The summed E-state index contributed by atoms with van der Waals surface area (Å²) in [5.41, 5.74) is 0. The van der Waals surface area contributed by atoms with Gasteiger partial charge >= 0.3 is 6.03 Å². The summed E-state index contributed by atoms with van der Waals surface area (Å²) in [6.45, 7) is 8.51. The van der Waals surface area contributed by atoms with Crippen LogP contribution >= 0.6 is 0 Å². The Morgan fingerprint density at radius 1 is 1.25 bits per heavy atom. The molecule has 0 aliphatic carbocycles. The number of nitrogens with one attached hydrogen (secondary N) is 2. The molecule has 0 aliphatic heterocycles. The second kappa shape index (κ2) is 8.39. The third-order valence-corrected chi connectivity index (χ3v) is 2.56. The summed E-state index contributed by atoms with van der Waals surface area (Å²) in [5, 5.41) is 15.1. The van der Waals surface area contributed by atoms with Gasteiger partial charge in [0, 0.05) is 12.6 Å². The molecule has 0 saturated heterocycles. The fraction of sp³-hybridized carbons (Fsp3) is 0.917. The monoisotopic (exact) mass is 230 g/mol. The highest BCUT2D eigenvalue weighted by molar-refractivity contribution is 5.74. The zero-order chi connectivity index (χ0) is 12.6. The smallest absolute Gasteiger partial charge is 0.315 e. The first-order chi connectivity index (χ1) is 7.49. The van der Waals surface area contributed by atoms with Crippen LogP contribution in [0.4, 0.5) is 4.79 Å². The SMILES string of the molecule is CCC(CC)NC(=O)NCC(O)CC(C)C. The predicted octanol–water partition coefficient (Wildman–Crippen LogP) is 1.88. The third-order valence-electron chi connectivity index (χ3n) is 2.56. The van der Waals surface area contributed by atoms with Crippen molar-refractivity contribution in [2.75, 3.05) is 6.54 Å². The van der Waals surface area contributed by atoms with E-state index in [1.54, 1.807) is 0 Å². The maximum absolute atomic E-state index is 11.4. The van der Waals surface area contributed by atoms with E-state index in [1.165, 1.54) is 0 Å². The van der Waals surface area contributed by atoms with Gasteiger partial charge in [0.25, 0.3) is 0 Å². The Bertz CT molecular complexity index is 191. The first-order valence-electron chi connectivity index (χ1n) is 6.21. The van der Waals surface area contributed by atoms with Crippen molar-refractivity contribution in [2.24, 2.45) is 5.92 Å². The van der Waals surface area contributed by atoms with E-state index in [9.17, 15) is 9.90 Å². The highest BCUT2D eigenvalue weighted by Crippen LogP contribution is 2.03. The van der Waals surface area contributed by atoms with Crippen LogP contribution in [0.15, 0.2) is 0 Å². The van der Waals surface area contributed by atoms with Crippen LogP contribution in [-0.2, 0) is 0 Å². The van der Waals surface area contributed by atoms with Gasteiger partial charge in [-0.3, -0.25) is 0 Å². The molecule has 0 aliphatic rings. The molecule has 0 aromatic carbocycles. The summed E-state index contributed by atoms with van der Waals surface area (Å²) in [5.74, 6) is 0.443. The van der Waals surface area contributed by atoms with Gasteiger partial charge in [-0.25, -0.2) is 4.79 Å². The molecule has 1 atom stereocenters. The van der Waals surface area contributed by atoms with Crippen LogP contribution in [0.1, 0.15) is 47.0 Å². The maximum Gasteiger partial charge on any atom is 0.315 e. The minimum Gasteiger partial charge on any atom is -0.391 e. The predicted molar refractivity (Wildman–Crippen MR) is 66.4 cm³/mol. The Morgan fingerprint density at radius 2 is 1.81 bits per heavy atom. The summed E-state index contributed by atoms with van der Waals surface area (Å²) in [4.78, 5) is 11.4. The van der Waals surface area contributed by atoms with Crippen molar-refractivity contribution in [1.29, 1.82) is 0 Å². The van der Waals surface area contributed by atoms with E-state index in [0.717, 1.165) is 12.8 Å². The lowest BCUT2D eigenvalue weighted by Crippen LogP contribution is -2.44. The molecule has 0 heterocycles. The zero-order valence-corrected chi connectivity index (χ0v) is 10.9. The van der Waals surface area contributed by atoms with Gasteiger partial charge in [0.05, 0.1) is 6.10 Å². The van der Waals surface area contributed by atoms with E-state index in [2.05, 4.69) is 10.6 Å². The summed E-state index contributed by atoms with van der Waals surface area (Å²) >= 11 is 0. The molecule has 0 fully saturated rings. The molecule has 0 radical (unpaired) electrons. The number of aliphatic hydroxyl groups excluding tert-OH is 1. The number of rotatable bonds is 7. The summed E-state index contributed by atoms with van der Waals surface area (Å²) in [6.07, 6.45) is 2.12. The van der Waals surface area contributed by atoms with Crippen molar-refractivity contribution < 1.29 is 9.90 Å². The molecule has 4 heteroatoms. The molecule has 2 amide bonds. The minimum absolute atomic E-state index is 0.184. The van der Waals surface area contributed by atoms with Crippen LogP contribution < -0.4 is 10.6 Å². The fourth-order valence-electron chi connectivity index (χ4n) is 1.57. The molecular formula is C12H26N2O2. The molecule has 96 valence electrons. The van der Waals surface area contributed by atoms with Crippen molar-refractivity contribution in [2.45, 2.75) is 59.1 Å². The van der Waals surface area contributed by atoms with Crippen LogP contribution in [0.5, 0.6) is 0 Å². The number of carbonyl (C=O) groups excluding carboxylic acids is 1. The first kappa shape index (κ1) is 15.2. The van der Waals surface area contributed by atoms with Gasteiger partial charge in [0.1, 0.15) is 0 Å². The lowest BCUT2D eigenvalue weighted by Gasteiger charge is -2.17. The van der Waals surface area contributed by atoms with Gasteiger partial charge in [-0.2, -0.15) is 0 Å². The highest BCUT2D eigenvalue weighted by atomic mass is 16.3. The molecule has 0 spiro atoms. The number of amides is 2. The van der Waals surface area contributed by atoms with Gasteiger partial charge < -0.3 is 15.7 Å². The van der Waals surface area contributed by atoms with Crippen molar-refractivity contribution in [3.05, 3.63) is 0 Å². The second-order valence-corrected chi connectivity index (χ2v) is 4.65. The Balaban J connectivity index is 3.72. The Hall–Kier alpha value is -0.770. The molecule has 0 saturated carbocycles. The normalized spacial score (nSPS) is 12.9.